The SMILES string of the molecule is COC(=O)[C@H](C(C)C)N1Cc2ccc(-c3ccc(NC(=O)c4cc(-c5ccc(F)cc5)no4)cn3)cc2C1=O. The van der Waals surface area contributed by atoms with Crippen LogP contribution in [0, 0.1) is 11.7 Å². The molecule has 1 atom stereocenters. The Bertz CT molecular complexity index is 1550. The fraction of sp³-hybridized carbons (Fsp3) is 0.207. The van der Waals surface area contributed by atoms with E-state index >= 15 is 0 Å². The molecule has 2 amide bonds. The van der Waals surface area contributed by atoms with E-state index in [0.717, 1.165) is 11.1 Å². The Morgan fingerprint density at radius 2 is 1.77 bits per heavy atom. The van der Waals surface area contributed by atoms with Gasteiger partial charge < -0.3 is 19.5 Å². The standard InChI is InChI=1S/C29H25FN4O5/c1-16(2)26(29(37)38-3)34-15-19-5-4-18(12-22(19)28(34)36)23-11-10-21(14-31-23)32-27(35)25-13-24(33-39-25)17-6-8-20(30)9-7-17/h4-14,16,26H,15H2,1-3H3,(H,32,35)/t26-/m0/s1. The second-order valence-electron chi connectivity index (χ2n) is 9.49. The number of nitrogens with zero attached hydrogens (tertiary/aromatic N) is 3. The van der Waals surface area contributed by atoms with Crippen LogP contribution in [0.15, 0.2) is 71.4 Å². The van der Waals surface area contributed by atoms with Crippen molar-refractivity contribution >= 4 is 23.5 Å². The first-order valence-electron chi connectivity index (χ1n) is 12.3. The van der Waals surface area contributed by atoms with Gasteiger partial charge in [-0.15, -0.1) is 0 Å². The van der Waals surface area contributed by atoms with Gasteiger partial charge in [-0.2, -0.15) is 0 Å². The van der Waals surface area contributed by atoms with Gasteiger partial charge in [0.15, 0.2) is 0 Å². The van der Waals surface area contributed by atoms with Crippen molar-refractivity contribution in [2.24, 2.45) is 5.92 Å². The quantitative estimate of drug-likeness (QED) is 0.338. The first kappa shape index (κ1) is 25.8. The molecule has 3 heterocycles. The molecule has 4 aromatic rings. The number of fused-ring (bicyclic) bond motifs is 1. The van der Waals surface area contributed by atoms with Crippen LogP contribution in [-0.2, 0) is 16.1 Å². The summed E-state index contributed by atoms with van der Waals surface area (Å²) in [7, 11) is 1.32. The van der Waals surface area contributed by atoms with Crippen molar-refractivity contribution in [3.63, 3.8) is 0 Å². The largest absolute Gasteiger partial charge is 0.467 e. The number of hydrogen-bond donors (Lipinski definition) is 1. The minimum absolute atomic E-state index is 0.00764. The third-order valence-corrected chi connectivity index (χ3v) is 6.54. The van der Waals surface area contributed by atoms with Crippen molar-refractivity contribution in [1.82, 2.24) is 15.0 Å². The zero-order valence-electron chi connectivity index (χ0n) is 21.5. The highest BCUT2D eigenvalue weighted by Gasteiger charge is 2.38. The normalized spacial score (nSPS) is 13.4. The van der Waals surface area contributed by atoms with Crippen molar-refractivity contribution in [3.8, 4) is 22.5 Å². The van der Waals surface area contributed by atoms with Gasteiger partial charge in [-0.3, -0.25) is 14.6 Å². The number of rotatable bonds is 7. The minimum Gasteiger partial charge on any atom is -0.467 e. The molecule has 9 nitrogen and oxygen atoms in total. The van der Waals surface area contributed by atoms with Crippen LogP contribution >= 0.6 is 0 Å². The van der Waals surface area contributed by atoms with Crippen LogP contribution in [0.3, 0.4) is 0 Å². The number of amides is 2. The average Bonchev–Trinajstić information content (AvgIpc) is 3.55. The fourth-order valence-electron chi connectivity index (χ4n) is 4.56. The maximum Gasteiger partial charge on any atom is 0.328 e. The number of carbonyl (C=O) groups excluding carboxylic acids is 3. The summed E-state index contributed by atoms with van der Waals surface area (Å²) >= 11 is 0. The third-order valence-electron chi connectivity index (χ3n) is 6.54. The third kappa shape index (κ3) is 5.13. The average molecular weight is 529 g/mol. The number of esters is 1. The second kappa shape index (κ2) is 10.5. The van der Waals surface area contributed by atoms with Gasteiger partial charge >= 0.3 is 5.97 Å². The molecule has 5 rings (SSSR count). The summed E-state index contributed by atoms with van der Waals surface area (Å²) in [5, 5.41) is 6.58. The lowest BCUT2D eigenvalue weighted by atomic mass is 10.0. The minimum atomic E-state index is -0.671. The summed E-state index contributed by atoms with van der Waals surface area (Å²) < 4.78 is 23.2. The molecule has 1 aliphatic rings. The Kier molecular flexibility index (Phi) is 6.93. The van der Waals surface area contributed by atoms with Gasteiger partial charge in [0.25, 0.3) is 11.8 Å². The van der Waals surface area contributed by atoms with Crippen LogP contribution < -0.4 is 5.32 Å². The van der Waals surface area contributed by atoms with Gasteiger partial charge in [0.2, 0.25) is 5.76 Å². The number of ether oxygens (including phenoxy) is 1. The first-order chi connectivity index (χ1) is 18.7. The van der Waals surface area contributed by atoms with Crippen molar-refractivity contribution in [2.45, 2.75) is 26.4 Å². The fourth-order valence-corrected chi connectivity index (χ4v) is 4.56. The molecule has 39 heavy (non-hydrogen) atoms. The number of anilines is 1. The highest BCUT2D eigenvalue weighted by Crippen LogP contribution is 2.31. The van der Waals surface area contributed by atoms with Gasteiger partial charge in [-0.1, -0.05) is 31.1 Å². The summed E-state index contributed by atoms with van der Waals surface area (Å²) in [6.45, 7) is 4.08. The van der Waals surface area contributed by atoms with Crippen molar-refractivity contribution in [2.75, 3.05) is 12.4 Å². The van der Waals surface area contributed by atoms with Gasteiger partial charge in [-0.25, -0.2) is 9.18 Å². The highest BCUT2D eigenvalue weighted by atomic mass is 19.1. The molecule has 0 saturated carbocycles. The number of pyridine rings is 1. The number of nitrogens with one attached hydrogen (secondary N) is 1. The molecule has 0 aliphatic carbocycles. The number of carbonyl (C=O) groups is 3. The maximum absolute atomic E-state index is 13.2. The zero-order chi connectivity index (χ0) is 27.7. The van der Waals surface area contributed by atoms with Crippen LogP contribution in [0.25, 0.3) is 22.5 Å². The molecular weight excluding hydrogens is 503 g/mol. The van der Waals surface area contributed by atoms with Gasteiger partial charge in [0.05, 0.1) is 24.7 Å². The van der Waals surface area contributed by atoms with Crippen LogP contribution in [0.4, 0.5) is 10.1 Å². The molecule has 198 valence electrons. The summed E-state index contributed by atoms with van der Waals surface area (Å²) in [5.41, 5.74) is 4.13. The lowest BCUT2D eigenvalue weighted by Gasteiger charge is -2.28. The molecule has 1 N–H and O–H groups in total. The first-order valence-corrected chi connectivity index (χ1v) is 12.3. The van der Waals surface area contributed by atoms with E-state index in [9.17, 15) is 18.8 Å². The topological polar surface area (TPSA) is 115 Å². The maximum atomic E-state index is 13.2. The smallest absolute Gasteiger partial charge is 0.328 e. The number of benzene rings is 2. The number of aromatic nitrogens is 2. The predicted octanol–water partition coefficient (Wildman–Crippen LogP) is 4.95. The highest BCUT2D eigenvalue weighted by molar-refractivity contribution is 6.03. The molecule has 0 spiro atoms. The molecule has 1 aliphatic heterocycles. The van der Waals surface area contributed by atoms with E-state index in [1.165, 1.54) is 31.5 Å². The lowest BCUT2D eigenvalue weighted by molar-refractivity contribution is -0.147. The Hall–Kier alpha value is -4.86. The summed E-state index contributed by atoms with van der Waals surface area (Å²) in [5.74, 6) is -1.67. The monoisotopic (exact) mass is 528 g/mol. The number of hydrogen-bond acceptors (Lipinski definition) is 7. The lowest BCUT2D eigenvalue weighted by Crippen LogP contribution is -2.45. The molecule has 0 fully saturated rings. The number of methoxy groups -OCH3 is 1. The summed E-state index contributed by atoms with van der Waals surface area (Å²) in [6, 6.07) is 15.4. The number of halogens is 1. The van der Waals surface area contributed by atoms with Gasteiger partial charge in [0, 0.05) is 29.3 Å². The molecule has 2 aromatic carbocycles. The van der Waals surface area contributed by atoms with Crippen molar-refractivity contribution in [1.29, 1.82) is 0 Å². The Morgan fingerprint density at radius 3 is 2.44 bits per heavy atom. The van der Waals surface area contributed by atoms with Crippen molar-refractivity contribution in [3.05, 3.63) is 89.6 Å². The zero-order valence-corrected chi connectivity index (χ0v) is 21.5. The Balaban J connectivity index is 1.29. The van der Waals surface area contributed by atoms with Crippen LogP contribution in [0.2, 0.25) is 0 Å². The molecule has 0 unspecified atom stereocenters. The van der Waals surface area contributed by atoms with E-state index in [1.54, 1.807) is 35.2 Å². The van der Waals surface area contributed by atoms with E-state index in [4.69, 9.17) is 9.26 Å². The van der Waals surface area contributed by atoms with E-state index in [-0.39, 0.29) is 23.4 Å². The van der Waals surface area contributed by atoms with Crippen molar-refractivity contribution < 1.29 is 28.0 Å². The van der Waals surface area contributed by atoms with Crippen LogP contribution in [0.5, 0.6) is 0 Å². The summed E-state index contributed by atoms with van der Waals surface area (Å²) in [6.07, 6.45) is 1.50. The molecular formula is C29H25FN4O5. The molecule has 0 saturated heterocycles. The van der Waals surface area contributed by atoms with Gasteiger partial charge in [0.1, 0.15) is 17.6 Å². The van der Waals surface area contributed by atoms with E-state index in [1.807, 2.05) is 26.0 Å². The Morgan fingerprint density at radius 1 is 1.03 bits per heavy atom. The molecule has 10 heteroatoms. The van der Waals surface area contributed by atoms with E-state index in [0.29, 0.717) is 34.7 Å². The Labute approximate surface area is 223 Å². The predicted molar refractivity (Wildman–Crippen MR) is 140 cm³/mol. The van der Waals surface area contributed by atoms with Crippen LogP contribution in [0.1, 0.15) is 40.3 Å². The van der Waals surface area contributed by atoms with E-state index < -0.39 is 17.9 Å². The van der Waals surface area contributed by atoms with Crippen LogP contribution in [-0.4, -0.2) is 46.0 Å². The van der Waals surface area contributed by atoms with E-state index in [2.05, 4.69) is 15.5 Å². The molecule has 2 aromatic heterocycles. The van der Waals surface area contributed by atoms with Gasteiger partial charge in [-0.05, 0) is 53.9 Å². The summed E-state index contributed by atoms with van der Waals surface area (Å²) in [4.78, 5) is 44.1. The second-order valence-corrected chi connectivity index (χ2v) is 9.49. The molecule has 0 bridgehead atoms. The molecule has 0 radical (unpaired) electrons.